The quantitative estimate of drug-likeness (QED) is 0.698. The molecule has 0 spiro atoms. The van der Waals surface area contributed by atoms with E-state index in [2.05, 4.69) is 29.3 Å². The standard InChI is InChI=1S/C7H13N3O/c1-3-8-4-6(2)7-9-5-10-11-7/h5-6,8H,3-4H2,1-2H3. The Morgan fingerprint density at radius 1 is 1.73 bits per heavy atom. The summed E-state index contributed by atoms with van der Waals surface area (Å²) in [5.74, 6) is 1.00. The Hall–Kier alpha value is -0.900. The van der Waals surface area contributed by atoms with E-state index >= 15 is 0 Å². The van der Waals surface area contributed by atoms with Crippen LogP contribution in [-0.4, -0.2) is 23.2 Å². The zero-order chi connectivity index (χ0) is 8.10. The van der Waals surface area contributed by atoms with Crippen molar-refractivity contribution in [3.05, 3.63) is 12.2 Å². The van der Waals surface area contributed by atoms with Crippen LogP contribution in [-0.2, 0) is 0 Å². The Bertz CT molecular complexity index is 186. The molecule has 1 N–H and O–H groups in total. The van der Waals surface area contributed by atoms with Gasteiger partial charge in [-0.1, -0.05) is 19.0 Å². The summed E-state index contributed by atoms with van der Waals surface area (Å²) in [6.45, 7) is 5.98. The predicted molar refractivity (Wildman–Crippen MR) is 41.3 cm³/mol. The van der Waals surface area contributed by atoms with Gasteiger partial charge in [0.05, 0.1) is 0 Å². The normalized spacial score (nSPS) is 13.3. The Morgan fingerprint density at radius 3 is 3.09 bits per heavy atom. The van der Waals surface area contributed by atoms with E-state index in [4.69, 9.17) is 4.52 Å². The molecule has 0 saturated heterocycles. The van der Waals surface area contributed by atoms with Gasteiger partial charge >= 0.3 is 0 Å². The summed E-state index contributed by atoms with van der Waals surface area (Å²) in [4.78, 5) is 3.95. The Balaban J connectivity index is 2.36. The molecule has 0 bridgehead atoms. The third-order valence-electron chi connectivity index (χ3n) is 1.50. The molecule has 0 aliphatic carbocycles. The van der Waals surface area contributed by atoms with E-state index in [-0.39, 0.29) is 0 Å². The Morgan fingerprint density at radius 2 is 2.55 bits per heavy atom. The lowest BCUT2D eigenvalue weighted by molar-refractivity contribution is 0.354. The van der Waals surface area contributed by atoms with Gasteiger partial charge < -0.3 is 9.84 Å². The lowest BCUT2D eigenvalue weighted by Crippen LogP contribution is -2.19. The SMILES string of the molecule is CCNCC(C)c1ncno1. The molecule has 0 aliphatic heterocycles. The summed E-state index contributed by atoms with van der Waals surface area (Å²) in [6.07, 6.45) is 1.43. The first-order valence-electron chi connectivity index (χ1n) is 3.82. The van der Waals surface area contributed by atoms with Crippen molar-refractivity contribution in [3.8, 4) is 0 Å². The fraction of sp³-hybridized carbons (Fsp3) is 0.714. The van der Waals surface area contributed by atoms with Crippen molar-refractivity contribution in [3.63, 3.8) is 0 Å². The molecule has 1 atom stereocenters. The predicted octanol–water partition coefficient (Wildman–Crippen LogP) is 0.783. The molecule has 1 rings (SSSR count). The van der Waals surface area contributed by atoms with Crippen molar-refractivity contribution >= 4 is 0 Å². The zero-order valence-corrected chi connectivity index (χ0v) is 6.87. The van der Waals surface area contributed by atoms with E-state index in [9.17, 15) is 0 Å². The lowest BCUT2D eigenvalue weighted by atomic mass is 10.2. The molecule has 4 heteroatoms. The molecule has 62 valence electrons. The highest BCUT2D eigenvalue weighted by Gasteiger charge is 2.09. The molecule has 0 fully saturated rings. The highest BCUT2D eigenvalue weighted by Crippen LogP contribution is 2.08. The highest BCUT2D eigenvalue weighted by molar-refractivity contribution is 4.86. The number of aromatic nitrogens is 2. The molecular formula is C7H13N3O. The van der Waals surface area contributed by atoms with Crippen LogP contribution in [0, 0.1) is 0 Å². The third-order valence-corrected chi connectivity index (χ3v) is 1.50. The molecule has 11 heavy (non-hydrogen) atoms. The van der Waals surface area contributed by atoms with Gasteiger partial charge in [0, 0.05) is 12.5 Å². The fourth-order valence-corrected chi connectivity index (χ4v) is 0.847. The maximum atomic E-state index is 4.89. The first-order chi connectivity index (χ1) is 5.34. The van der Waals surface area contributed by atoms with Gasteiger partial charge in [0.15, 0.2) is 6.33 Å². The van der Waals surface area contributed by atoms with Crippen LogP contribution in [0.1, 0.15) is 25.7 Å². The molecule has 0 saturated carbocycles. The van der Waals surface area contributed by atoms with E-state index in [0.29, 0.717) is 11.8 Å². The highest BCUT2D eigenvalue weighted by atomic mass is 16.5. The van der Waals surface area contributed by atoms with Crippen molar-refractivity contribution in [1.29, 1.82) is 0 Å². The second-order valence-corrected chi connectivity index (χ2v) is 2.49. The van der Waals surface area contributed by atoms with E-state index in [0.717, 1.165) is 13.1 Å². The van der Waals surface area contributed by atoms with Crippen LogP contribution >= 0.6 is 0 Å². The molecule has 0 aromatic carbocycles. The average Bonchev–Trinajstić information content (AvgIpc) is 2.52. The molecule has 1 aromatic heterocycles. The summed E-state index contributed by atoms with van der Waals surface area (Å²) in [5.41, 5.74) is 0. The van der Waals surface area contributed by atoms with Crippen LogP contribution in [0.15, 0.2) is 10.9 Å². The topological polar surface area (TPSA) is 51.0 Å². The first kappa shape index (κ1) is 8.20. The van der Waals surface area contributed by atoms with Crippen LogP contribution < -0.4 is 5.32 Å². The largest absolute Gasteiger partial charge is 0.339 e. The van der Waals surface area contributed by atoms with Gasteiger partial charge in [-0.3, -0.25) is 0 Å². The van der Waals surface area contributed by atoms with E-state index in [1.807, 2.05) is 0 Å². The number of rotatable bonds is 4. The van der Waals surface area contributed by atoms with Gasteiger partial charge in [0.2, 0.25) is 5.89 Å². The Kier molecular flexibility index (Phi) is 3.04. The molecule has 1 heterocycles. The second-order valence-electron chi connectivity index (χ2n) is 2.49. The van der Waals surface area contributed by atoms with E-state index < -0.39 is 0 Å². The van der Waals surface area contributed by atoms with Crippen molar-refractivity contribution in [2.45, 2.75) is 19.8 Å². The zero-order valence-electron chi connectivity index (χ0n) is 6.87. The molecule has 1 aromatic rings. The number of hydrogen-bond acceptors (Lipinski definition) is 4. The summed E-state index contributed by atoms with van der Waals surface area (Å²) in [5, 5.41) is 6.75. The molecule has 0 amide bonds. The number of nitrogens with zero attached hydrogens (tertiary/aromatic N) is 2. The van der Waals surface area contributed by atoms with Gasteiger partial charge in [0.25, 0.3) is 0 Å². The monoisotopic (exact) mass is 155 g/mol. The second kappa shape index (κ2) is 4.08. The van der Waals surface area contributed by atoms with Crippen molar-refractivity contribution < 1.29 is 4.52 Å². The lowest BCUT2D eigenvalue weighted by Gasteiger charge is -2.05. The first-order valence-corrected chi connectivity index (χ1v) is 3.82. The summed E-state index contributed by atoms with van der Waals surface area (Å²) < 4.78 is 4.89. The van der Waals surface area contributed by atoms with E-state index in [1.165, 1.54) is 6.33 Å². The molecule has 0 radical (unpaired) electrons. The van der Waals surface area contributed by atoms with Crippen molar-refractivity contribution in [1.82, 2.24) is 15.5 Å². The third kappa shape index (κ3) is 2.31. The molecule has 1 unspecified atom stereocenters. The minimum absolute atomic E-state index is 0.303. The van der Waals surface area contributed by atoms with Gasteiger partial charge in [-0.05, 0) is 6.54 Å². The average molecular weight is 155 g/mol. The fourth-order valence-electron chi connectivity index (χ4n) is 0.847. The number of hydrogen-bond donors (Lipinski definition) is 1. The molecular weight excluding hydrogens is 142 g/mol. The maximum absolute atomic E-state index is 4.89. The number of likely N-dealkylation sites (N-methyl/N-ethyl adjacent to an activating group) is 1. The Labute approximate surface area is 66.0 Å². The van der Waals surface area contributed by atoms with Crippen LogP contribution in [0.2, 0.25) is 0 Å². The maximum Gasteiger partial charge on any atom is 0.230 e. The minimum Gasteiger partial charge on any atom is -0.339 e. The summed E-state index contributed by atoms with van der Waals surface area (Å²) in [6, 6.07) is 0. The van der Waals surface area contributed by atoms with Crippen LogP contribution in [0.4, 0.5) is 0 Å². The van der Waals surface area contributed by atoms with Gasteiger partial charge in [0.1, 0.15) is 0 Å². The summed E-state index contributed by atoms with van der Waals surface area (Å²) >= 11 is 0. The smallest absolute Gasteiger partial charge is 0.230 e. The molecule has 0 aliphatic rings. The molecule has 4 nitrogen and oxygen atoms in total. The number of nitrogens with one attached hydrogen (secondary N) is 1. The van der Waals surface area contributed by atoms with Gasteiger partial charge in [-0.2, -0.15) is 4.98 Å². The minimum atomic E-state index is 0.303. The van der Waals surface area contributed by atoms with Gasteiger partial charge in [-0.25, -0.2) is 0 Å². The van der Waals surface area contributed by atoms with Crippen LogP contribution in [0.3, 0.4) is 0 Å². The van der Waals surface area contributed by atoms with Crippen LogP contribution in [0.25, 0.3) is 0 Å². The van der Waals surface area contributed by atoms with Crippen molar-refractivity contribution in [2.75, 3.05) is 13.1 Å². The van der Waals surface area contributed by atoms with Crippen LogP contribution in [0.5, 0.6) is 0 Å². The summed E-state index contributed by atoms with van der Waals surface area (Å²) in [7, 11) is 0. The van der Waals surface area contributed by atoms with E-state index in [1.54, 1.807) is 0 Å². The van der Waals surface area contributed by atoms with Gasteiger partial charge in [-0.15, -0.1) is 0 Å². The van der Waals surface area contributed by atoms with Crippen molar-refractivity contribution in [2.24, 2.45) is 0 Å².